The molecule has 0 radical (unpaired) electrons. The topological polar surface area (TPSA) is 74.6 Å². The first-order chi connectivity index (χ1) is 14.6. The predicted octanol–water partition coefficient (Wildman–Crippen LogP) is 7.84. The SMILES string of the molecule is CCCCCCCCCCCCCCC1C(CCCCCCCC(=O)O)C1C(=O)O. The van der Waals surface area contributed by atoms with Crippen LogP contribution in [0, 0.1) is 17.8 Å². The Morgan fingerprint density at radius 1 is 0.567 bits per heavy atom. The van der Waals surface area contributed by atoms with E-state index in [4.69, 9.17) is 5.11 Å². The van der Waals surface area contributed by atoms with E-state index in [2.05, 4.69) is 6.92 Å². The van der Waals surface area contributed by atoms with Gasteiger partial charge in [-0.15, -0.1) is 0 Å². The highest BCUT2D eigenvalue weighted by molar-refractivity contribution is 5.74. The molecule has 30 heavy (non-hydrogen) atoms. The van der Waals surface area contributed by atoms with E-state index >= 15 is 0 Å². The fourth-order valence-corrected chi connectivity index (χ4v) is 5.01. The number of carbonyl (C=O) groups is 2. The van der Waals surface area contributed by atoms with Crippen molar-refractivity contribution in [3.63, 3.8) is 0 Å². The lowest BCUT2D eigenvalue weighted by molar-refractivity contribution is -0.139. The van der Waals surface area contributed by atoms with Gasteiger partial charge in [0.25, 0.3) is 0 Å². The number of hydrogen-bond acceptors (Lipinski definition) is 2. The Morgan fingerprint density at radius 2 is 0.933 bits per heavy atom. The Labute approximate surface area is 185 Å². The molecule has 0 aromatic carbocycles. The zero-order valence-corrected chi connectivity index (χ0v) is 19.6. The van der Waals surface area contributed by atoms with Gasteiger partial charge in [-0.05, 0) is 31.1 Å². The molecule has 1 aliphatic rings. The lowest BCUT2D eigenvalue weighted by Gasteiger charge is -2.03. The number of aliphatic carboxylic acids is 2. The summed E-state index contributed by atoms with van der Waals surface area (Å²) in [6.07, 6.45) is 23.6. The molecule has 2 N–H and O–H groups in total. The smallest absolute Gasteiger partial charge is 0.307 e. The van der Waals surface area contributed by atoms with Crippen molar-refractivity contribution in [1.82, 2.24) is 0 Å². The molecule has 1 aliphatic carbocycles. The predicted molar refractivity (Wildman–Crippen MR) is 124 cm³/mol. The second kappa shape index (κ2) is 17.6. The molecular weight excluding hydrogens is 376 g/mol. The molecule has 0 aromatic rings. The van der Waals surface area contributed by atoms with E-state index in [1.54, 1.807) is 0 Å². The fraction of sp³-hybridized carbons (Fsp3) is 0.923. The van der Waals surface area contributed by atoms with Gasteiger partial charge < -0.3 is 10.2 Å². The summed E-state index contributed by atoms with van der Waals surface area (Å²) in [4.78, 5) is 22.0. The van der Waals surface area contributed by atoms with E-state index in [0.29, 0.717) is 11.8 Å². The highest BCUT2D eigenvalue weighted by Crippen LogP contribution is 2.52. The summed E-state index contributed by atoms with van der Waals surface area (Å²) in [6.45, 7) is 2.26. The van der Waals surface area contributed by atoms with Crippen molar-refractivity contribution in [3.8, 4) is 0 Å². The summed E-state index contributed by atoms with van der Waals surface area (Å²) >= 11 is 0. The maximum absolute atomic E-state index is 11.5. The third kappa shape index (κ3) is 13.3. The Morgan fingerprint density at radius 3 is 1.30 bits per heavy atom. The number of rotatable bonds is 22. The molecule has 0 aromatic heterocycles. The van der Waals surface area contributed by atoms with Crippen LogP contribution in [0.3, 0.4) is 0 Å². The monoisotopic (exact) mass is 424 g/mol. The largest absolute Gasteiger partial charge is 0.481 e. The van der Waals surface area contributed by atoms with E-state index < -0.39 is 11.9 Å². The molecular formula is C26H48O4. The molecule has 0 bridgehead atoms. The number of carboxylic acids is 2. The molecule has 176 valence electrons. The summed E-state index contributed by atoms with van der Waals surface area (Å²) in [6, 6.07) is 0. The van der Waals surface area contributed by atoms with E-state index in [9.17, 15) is 14.7 Å². The van der Waals surface area contributed by atoms with Gasteiger partial charge in [0.1, 0.15) is 0 Å². The highest BCUT2D eigenvalue weighted by atomic mass is 16.4. The van der Waals surface area contributed by atoms with Gasteiger partial charge in [0.15, 0.2) is 0 Å². The standard InChI is InChI=1S/C26H48O4/c1-2-3-4-5-6-7-8-9-10-11-13-16-19-22-23(25(22)26(29)30)20-17-14-12-15-18-21-24(27)28/h22-23,25H,2-21H2,1H3,(H,27,28)(H,29,30). The number of carboxylic acid groups (broad SMARTS) is 2. The van der Waals surface area contributed by atoms with Gasteiger partial charge >= 0.3 is 11.9 Å². The van der Waals surface area contributed by atoms with E-state index in [-0.39, 0.29) is 12.3 Å². The van der Waals surface area contributed by atoms with Crippen LogP contribution in [-0.2, 0) is 9.59 Å². The van der Waals surface area contributed by atoms with Gasteiger partial charge in [-0.25, -0.2) is 0 Å². The maximum atomic E-state index is 11.5. The lowest BCUT2D eigenvalue weighted by atomic mass is 10.0. The minimum absolute atomic E-state index is 0.0929. The molecule has 0 heterocycles. The Bertz CT molecular complexity index is 448. The summed E-state index contributed by atoms with van der Waals surface area (Å²) in [5, 5.41) is 18.1. The zero-order chi connectivity index (χ0) is 22.0. The van der Waals surface area contributed by atoms with Gasteiger partial charge in [0.05, 0.1) is 5.92 Å². The van der Waals surface area contributed by atoms with E-state index in [1.165, 1.54) is 77.0 Å². The number of hydrogen-bond donors (Lipinski definition) is 2. The second-order valence-electron chi connectivity index (χ2n) is 9.57. The summed E-state index contributed by atoms with van der Waals surface area (Å²) in [7, 11) is 0. The Hall–Kier alpha value is -1.06. The average molecular weight is 425 g/mol. The van der Waals surface area contributed by atoms with Crippen LogP contribution in [0.5, 0.6) is 0 Å². The van der Waals surface area contributed by atoms with Crippen molar-refractivity contribution >= 4 is 11.9 Å². The van der Waals surface area contributed by atoms with Crippen molar-refractivity contribution in [3.05, 3.63) is 0 Å². The summed E-state index contributed by atoms with van der Waals surface area (Å²) < 4.78 is 0. The molecule has 4 heteroatoms. The van der Waals surface area contributed by atoms with Crippen LogP contribution in [0.1, 0.15) is 135 Å². The van der Waals surface area contributed by atoms with E-state index in [1.807, 2.05) is 0 Å². The summed E-state index contributed by atoms with van der Waals surface area (Å²) in [5.41, 5.74) is 0. The molecule has 0 saturated heterocycles. The molecule has 3 atom stereocenters. The van der Waals surface area contributed by atoms with Crippen LogP contribution in [0.15, 0.2) is 0 Å². The molecule has 0 spiro atoms. The van der Waals surface area contributed by atoms with E-state index in [0.717, 1.165) is 44.9 Å². The Balaban J connectivity index is 1.95. The van der Waals surface area contributed by atoms with Crippen molar-refractivity contribution in [2.75, 3.05) is 0 Å². The molecule has 3 unspecified atom stereocenters. The maximum Gasteiger partial charge on any atom is 0.307 e. The van der Waals surface area contributed by atoms with Crippen molar-refractivity contribution in [2.45, 2.75) is 135 Å². The van der Waals surface area contributed by atoms with Crippen molar-refractivity contribution in [2.24, 2.45) is 17.8 Å². The first-order valence-electron chi connectivity index (χ1n) is 13.0. The van der Waals surface area contributed by atoms with Crippen molar-refractivity contribution < 1.29 is 19.8 Å². The minimum atomic E-state index is -0.710. The molecule has 0 amide bonds. The van der Waals surface area contributed by atoms with Crippen LogP contribution < -0.4 is 0 Å². The van der Waals surface area contributed by atoms with Crippen LogP contribution in [-0.4, -0.2) is 22.2 Å². The minimum Gasteiger partial charge on any atom is -0.481 e. The van der Waals surface area contributed by atoms with Crippen LogP contribution >= 0.6 is 0 Å². The van der Waals surface area contributed by atoms with Gasteiger partial charge in [0.2, 0.25) is 0 Å². The molecule has 1 fully saturated rings. The van der Waals surface area contributed by atoms with Gasteiger partial charge in [-0.3, -0.25) is 9.59 Å². The van der Waals surface area contributed by atoms with Gasteiger partial charge in [0, 0.05) is 6.42 Å². The van der Waals surface area contributed by atoms with Crippen LogP contribution in [0.2, 0.25) is 0 Å². The third-order valence-electron chi connectivity index (χ3n) is 6.94. The zero-order valence-electron chi connectivity index (χ0n) is 19.6. The average Bonchev–Trinajstić information content (AvgIpc) is 3.40. The third-order valence-corrected chi connectivity index (χ3v) is 6.94. The highest BCUT2D eigenvalue weighted by Gasteiger charge is 2.53. The van der Waals surface area contributed by atoms with Gasteiger partial charge in [-0.2, -0.15) is 0 Å². The molecule has 1 saturated carbocycles. The fourth-order valence-electron chi connectivity index (χ4n) is 5.01. The normalized spacial score (nSPS) is 20.4. The Kier molecular flexibility index (Phi) is 15.8. The quantitative estimate of drug-likeness (QED) is 0.174. The first kappa shape index (κ1) is 27.0. The lowest BCUT2D eigenvalue weighted by Crippen LogP contribution is -2.00. The summed E-state index contributed by atoms with van der Waals surface area (Å²) in [5.74, 6) is -0.583. The first-order valence-corrected chi connectivity index (χ1v) is 13.0. The van der Waals surface area contributed by atoms with Gasteiger partial charge in [-0.1, -0.05) is 110 Å². The second-order valence-corrected chi connectivity index (χ2v) is 9.57. The molecule has 4 nitrogen and oxygen atoms in total. The van der Waals surface area contributed by atoms with Crippen LogP contribution in [0.4, 0.5) is 0 Å². The number of unbranched alkanes of at least 4 members (excludes halogenated alkanes) is 15. The van der Waals surface area contributed by atoms with Crippen molar-refractivity contribution in [1.29, 1.82) is 0 Å². The van der Waals surface area contributed by atoms with Crippen LogP contribution in [0.25, 0.3) is 0 Å². The molecule has 1 rings (SSSR count). The molecule has 0 aliphatic heterocycles.